The molecular weight excluding hydrogens is 248 g/mol. The Morgan fingerprint density at radius 3 is 1.84 bits per heavy atom. The highest BCUT2D eigenvalue weighted by Crippen LogP contribution is 2.03. The molecule has 0 aliphatic carbocycles. The lowest BCUT2D eigenvalue weighted by Crippen LogP contribution is -2.46. The van der Waals surface area contributed by atoms with Gasteiger partial charge in [0.1, 0.15) is 0 Å². The van der Waals surface area contributed by atoms with E-state index in [0.717, 1.165) is 6.42 Å². The maximum atomic E-state index is 6.30. The van der Waals surface area contributed by atoms with E-state index in [1.54, 1.807) is 0 Å². The summed E-state index contributed by atoms with van der Waals surface area (Å²) in [5, 5.41) is 2.55. The quantitative estimate of drug-likeness (QED) is 0.578. The Morgan fingerprint density at radius 1 is 1.00 bits per heavy atom. The molecule has 0 bridgehead atoms. The first-order chi connectivity index (χ1) is 9.35. The van der Waals surface area contributed by atoms with Crippen LogP contribution in [0.15, 0.2) is 73.3 Å². The van der Waals surface area contributed by atoms with Gasteiger partial charge in [-0.3, -0.25) is 0 Å². The molecule has 0 amide bonds. The van der Waals surface area contributed by atoms with Crippen LogP contribution in [-0.4, -0.2) is 15.1 Å². The molecule has 2 rings (SSSR count). The molecule has 19 heavy (non-hydrogen) atoms. The van der Waals surface area contributed by atoms with E-state index in [4.69, 9.17) is 4.43 Å². The summed E-state index contributed by atoms with van der Waals surface area (Å²) in [6, 6.07) is 21.0. The predicted octanol–water partition coefficient (Wildman–Crippen LogP) is 2.77. The molecule has 2 aromatic rings. The van der Waals surface area contributed by atoms with Gasteiger partial charge in [-0.15, -0.1) is 6.58 Å². The highest BCUT2D eigenvalue weighted by molar-refractivity contribution is 6.80. The molecule has 0 fully saturated rings. The van der Waals surface area contributed by atoms with Crippen LogP contribution in [0, 0.1) is 0 Å². The highest BCUT2D eigenvalue weighted by Gasteiger charge is 2.21. The van der Waals surface area contributed by atoms with Gasteiger partial charge in [0.05, 0.1) is 6.10 Å². The Morgan fingerprint density at radius 2 is 1.47 bits per heavy atom. The molecule has 1 atom stereocenters. The minimum absolute atomic E-state index is 0.120. The predicted molar refractivity (Wildman–Crippen MR) is 83.3 cm³/mol. The zero-order valence-corrected chi connectivity index (χ0v) is 12.3. The molecule has 1 nitrogen and oxygen atoms in total. The molecular formula is C17H19OSi. The summed E-state index contributed by atoms with van der Waals surface area (Å²) in [5.41, 5.74) is 0. The van der Waals surface area contributed by atoms with Gasteiger partial charge < -0.3 is 4.43 Å². The number of benzene rings is 2. The fourth-order valence-electron chi connectivity index (χ4n) is 1.93. The molecule has 0 saturated carbocycles. The molecule has 2 heteroatoms. The molecule has 0 aromatic heterocycles. The van der Waals surface area contributed by atoms with Crippen molar-refractivity contribution in [3.63, 3.8) is 0 Å². The van der Waals surface area contributed by atoms with Gasteiger partial charge in [0, 0.05) is 0 Å². The lowest BCUT2D eigenvalue weighted by Gasteiger charge is -2.21. The van der Waals surface area contributed by atoms with Gasteiger partial charge in [0.2, 0.25) is 0 Å². The van der Waals surface area contributed by atoms with Crippen molar-refractivity contribution in [2.75, 3.05) is 0 Å². The molecule has 2 aromatic carbocycles. The SMILES string of the molecule is C=CC(CC)O[Si](c1ccccc1)c1ccccc1. The van der Waals surface area contributed by atoms with Crippen LogP contribution in [0.2, 0.25) is 0 Å². The van der Waals surface area contributed by atoms with Gasteiger partial charge in [0.15, 0.2) is 0 Å². The van der Waals surface area contributed by atoms with Crippen LogP contribution in [0.5, 0.6) is 0 Å². The lowest BCUT2D eigenvalue weighted by molar-refractivity contribution is 0.256. The highest BCUT2D eigenvalue weighted by atomic mass is 28.3. The van der Waals surface area contributed by atoms with Crippen molar-refractivity contribution in [1.82, 2.24) is 0 Å². The molecule has 0 saturated heterocycles. The molecule has 1 unspecified atom stereocenters. The van der Waals surface area contributed by atoms with Gasteiger partial charge in [-0.05, 0) is 16.8 Å². The Kier molecular flexibility index (Phi) is 5.13. The lowest BCUT2D eigenvalue weighted by atomic mass is 10.3. The number of hydrogen-bond donors (Lipinski definition) is 0. The summed E-state index contributed by atoms with van der Waals surface area (Å²) >= 11 is 0. The third-order valence-electron chi connectivity index (χ3n) is 3.01. The van der Waals surface area contributed by atoms with Gasteiger partial charge in [-0.2, -0.15) is 0 Å². The fourth-order valence-corrected chi connectivity index (χ4v) is 4.09. The van der Waals surface area contributed by atoms with Crippen LogP contribution < -0.4 is 10.4 Å². The van der Waals surface area contributed by atoms with Crippen molar-refractivity contribution in [3.05, 3.63) is 73.3 Å². The minimum atomic E-state index is -1.19. The van der Waals surface area contributed by atoms with Crippen molar-refractivity contribution in [3.8, 4) is 0 Å². The second-order valence-corrected chi connectivity index (χ2v) is 6.41. The summed E-state index contributed by atoms with van der Waals surface area (Å²) in [6.07, 6.45) is 2.97. The van der Waals surface area contributed by atoms with Gasteiger partial charge in [-0.1, -0.05) is 73.7 Å². The second kappa shape index (κ2) is 7.07. The van der Waals surface area contributed by atoms with Crippen LogP contribution in [0.1, 0.15) is 13.3 Å². The Hall–Kier alpha value is -1.64. The van der Waals surface area contributed by atoms with E-state index < -0.39 is 9.04 Å². The molecule has 0 N–H and O–H groups in total. The topological polar surface area (TPSA) is 9.23 Å². The fraction of sp³-hybridized carbons (Fsp3) is 0.176. The number of rotatable bonds is 6. The summed E-state index contributed by atoms with van der Waals surface area (Å²) in [6.45, 7) is 5.99. The van der Waals surface area contributed by atoms with E-state index in [0.29, 0.717) is 0 Å². The van der Waals surface area contributed by atoms with Crippen LogP contribution in [0.25, 0.3) is 0 Å². The standard InChI is InChI=1S/C17H19OSi/c1-3-15(4-2)18-19(16-11-7-5-8-12-16)17-13-9-6-10-14-17/h3,5-15H,1,4H2,2H3. The van der Waals surface area contributed by atoms with Crippen molar-refractivity contribution < 1.29 is 4.43 Å². The Labute approximate surface area is 117 Å². The summed E-state index contributed by atoms with van der Waals surface area (Å²) in [4.78, 5) is 0. The molecule has 0 heterocycles. The third kappa shape index (κ3) is 3.66. The first-order valence-corrected chi connectivity index (χ1v) is 8.03. The van der Waals surface area contributed by atoms with Gasteiger partial charge >= 0.3 is 0 Å². The van der Waals surface area contributed by atoms with E-state index in [9.17, 15) is 0 Å². The smallest absolute Gasteiger partial charge is 0.283 e. The summed E-state index contributed by atoms with van der Waals surface area (Å²) in [7, 11) is -1.19. The first kappa shape index (κ1) is 13.8. The Balaban J connectivity index is 2.31. The third-order valence-corrected chi connectivity index (χ3v) is 5.26. The molecule has 1 radical (unpaired) electrons. The molecule has 0 aliphatic rings. The first-order valence-electron chi connectivity index (χ1n) is 6.62. The largest absolute Gasteiger partial charge is 0.401 e. The van der Waals surface area contributed by atoms with Crippen molar-refractivity contribution in [2.24, 2.45) is 0 Å². The average molecular weight is 267 g/mol. The normalized spacial score (nSPS) is 12.3. The van der Waals surface area contributed by atoms with Crippen LogP contribution in [0.3, 0.4) is 0 Å². The van der Waals surface area contributed by atoms with Crippen molar-refractivity contribution >= 4 is 19.4 Å². The van der Waals surface area contributed by atoms with Crippen LogP contribution in [0.4, 0.5) is 0 Å². The van der Waals surface area contributed by atoms with E-state index in [-0.39, 0.29) is 6.10 Å². The monoisotopic (exact) mass is 267 g/mol. The Bertz CT molecular complexity index is 456. The minimum Gasteiger partial charge on any atom is -0.401 e. The second-order valence-electron chi connectivity index (χ2n) is 4.36. The average Bonchev–Trinajstić information content (AvgIpc) is 2.50. The molecule has 97 valence electrons. The maximum absolute atomic E-state index is 6.30. The van der Waals surface area contributed by atoms with E-state index in [1.807, 2.05) is 18.2 Å². The summed E-state index contributed by atoms with van der Waals surface area (Å²) < 4.78 is 6.30. The summed E-state index contributed by atoms with van der Waals surface area (Å²) in [5.74, 6) is 0. The van der Waals surface area contributed by atoms with E-state index in [2.05, 4.69) is 62.0 Å². The zero-order chi connectivity index (χ0) is 13.5. The van der Waals surface area contributed by atoms with Crippen LogP contribution in [-0.2, 0) is 4.43 Å². The van der Waals surface area contributed by atoms with Gasteiger partial charge in [-0.25, -0.2) is 0 Å². The van der Waals surface area contributed by atoms with Crippen molar-refractivity contribution in [2.45, 2.75) is 19.4 Å². The number of hydrogen-bond acceptors (Lipinski definition) is 1. The zero-order valence-electron chi connectivity index (χ0n) is 11.3. The van der Waals surface area contributed by atoms with Gasteiger partial charge in [0.25, 0.3) is 9.04 Å². The van der Waals surface area contributed by atoms with Crippen molar-refractivity contribution in [1.29, 1.82) is 0 Å². The molecule has 0 aliphatic heterocycles. The maximum Gasteiger partial charge on any atom is 0.283 e. The van der Waals surface area contributed by atoms with E-state index in [1.165, 1.54) is 10.4 Å². The molecule has 0 spiro atoms. The van der Waals surface area contributed by atoms with E-state index >= 15 is 0 Å². The van der Waals surface area contributed by atoms with Crippen LogP contribution >= 0.6 is 0 Å².